The lowest BCUT2D eigenvalue weighted by molar-refractivity contribution is -0.384. The van der Waals surface area contributed by atoms with Gasteiger partial charge in [0.05, 0.1) is 4.92 Å². The number of rotatable bonds is 4. The van der Waals surface area contributed by atoms with Gasteiger partial charge in [0, 0.05) is 29.5 Å². The van der Waals surface area contributed by atoms with Crippen LogP contribution in [0.4, 0.5) is 5.69 Å². The Morgan fingerprint density at radius 2 is 2.00 bits per heavy atom. The number of nitro benzene ring substituents is 1. The summed E-state index contributed by atoms with van der Waals surface area (Å²) in [5.41, 5.74) is 0.0856. The Labute approximate surface area is 122 Å². The summed E-state index contributed by atoms with van der Waals surface area (Å²) in [4.78, 5) is 19.7. The molecular weight excluding hydrogens is 330 g/mol. The normalized spacial score (nSPS) is 10.4. The molecule has 1 heterocycles. The molecule has 0 saturated heterocycles. The van der Waals surface area contributed by atoms with Crippen molar-refractivity contribution in [1.82, 2.24) is 9.97 Å². The molecule has 0 aliphatic heterocycles. The van der Waals surface area contributed by atoms with Crippen LogP contribution in [0.1, 0.15) is 12.7 Å². The summed E-state index contributed by atoms with van der Waals surface area (Å²) in [7, 11) is 0. The summed E-state index contributed by atoms with van der Waals surface area (Å²) in [6, 6.07) is 8.22. The quantitative estimate of drug-likeness (QED) is 0.480. The van der Waals surface area contributed by atoms with Gasteiger partial charge in [-0.2, -0.15) is 0 Å². The molecule has 2 aromatic rings. The molecule has 5 nitrogen and oxygen atoms in total. The van der Waals surface area contributed by atoms with Gasteiger partial charge in [-0.15, -0.1) is 0 Å². The van der Waals surface area contributed by atoms with E-state index in [9.17, 15) is 10.1 Å². The van der Waals surface area contributed by atoms with E-state index < -0.39 is 4.92 Å². The van der Waals surface area contributed by atoms with Crippen LogP contribution in [-0.2, 0) is 6.42 Å². The van der Waals surface area contributed by atoms with Gasteiger partial charge in [-0.05, 0) is 28.1 Å². The van der Waals surface area contributed by atoms with Gasteiger partial charge in [0.2, 0.25) is 0 Å². The fraction of sp³-hybridized carbons (Fsp3) is 0.167. The lowest BCUT2D eigenvalue weighted by atomic mass is 10.3. The van der Waals surface area contributed by atoms with E-state index in [2.05, 4.69) is 25.9 Å². The fourth-order valence-corrected chi connectivity index (χ4v) is 2.82. The fourth-order valence-electron chi connectivity index (χ4n) is 1.41. The largest absolute Gasteiger partial charge is 0.269 e. The van der Waals surface area contributed by atoms with Crippen molar-refractivity contribution in [3.63, 3.8) is 0 Å². The molecule has 7 heteroatoms. The third-order valence-corrected chi connectivity index (χ3v) is 3.64. The van der Waals surface area contributed by atoms with E-state index in [0.717, 1.165) is 26.8 Å². The number of hydrogen-bond donors (Lipinski definition) is 0. The van der Waals surface area contributed by atoms with Gasteiger partial charge >= 0.3 is 0 Å². The molecule has 0 fully saturated rings. The number of nitrogens with zero attached hydrogens (tertiary/aromatic N) is 3. The first-order chi connectivity index (χ1) is 9.08. The molecular formula is C12H10BrN3O2S. The Morgan fingerprint density at radius 3 is 2.58 bits per heavy atom. The number of hydrogen-bond acceptors (Lipinski definition) is 5. The van der Waals surface area contributed by atoms with Gasteiger partial charge in [-0.25, -0.2) is 9.97 Å². The Bertz CT molecular complexity index is 604. The Balaban J connectivity index is 2.21. The second kappa shape index (κ2) is 6.12. The zero-order valence-corrected chi connectivity index (χ0v) is 12.4. The van der Waals surface area contributed by atoms with Crippen LogP contribution in [0.3, 0.4) is 0 Å². The predicted octanol–water partition coefficient (Wildman–Crippen LogP) is 3.86. The number of non-ortho nitro benzene ring substituents is 1. The SMILES string of the molecule is CCc1nc(Br)cc(Sc2ccc([N+](=O)[O-])cc2)n1. The highest BCUT2D eigenvalue weighted by atomic mass is 79.9. The van der Waals surface area contributed by atoms with Gasteiger partial charge in [0.25, 0.3) is 5.69 Å². The molecule has 0 amide bonds. The van der Waals surface area contributed by atoms with Gasteiger partial charge in [0.1, 0.15) is 15.5 Å². The molecule has 98 valence electrons. The second-order valence-electron chi connectivity index (χ2n) is 3.65. The summed E-state index contributed by atoms with van der Waals surface area (Å²) in [5, 5.41) is 11.4. The molecule has 0 spiro atoms. The predicted molar refractivity (Wildman–Crippen MR) is 76.3 cm³/mol. The van der Waals surface area contributed by atoms with E-state index in [1.54, 1.807) is 12.1 Å². The topological polar surface area (TPSA) is 68.9 Å². The number of halogens is 1. The minimum atomic E-state index is -0.412. The number of aryl methyl sites for hydroxylation is 1. The van der Waals surface area contributed by atoms with Crippen molar-refractivity contribution in [2.75, 3.05) is 0 Å². The molecule has 0 saturated carbocycles. The van der Waals surface area contributed by atoms with Crippen LogP contribution in [0.25, 0.3) is 0 Å². The minimum absolute atomic E-state index is 0.0856. The van der Waals surface area contributed by atoms with Crippen molar-refractivity contribution < 1.29 is 4.92 Å². The summed E-state index contributed by atoms with van der Waals surface area (Å²) in [6.07, 6.45) is 0.757. The zero-order valence-electron chi connectivity index (χ0n) is 10.0. The van der Waals surface area contributed by atoms with E-state index in [4.69, 9.17) is 0 Å². The molecule has 2 rings (SSSR count). The molecule has 1 aromatic carbocycles. The minimum Gasteiger partial charge on any atom is -0.258 e. The van der Waals surface area contributed by atoms with Crippen LogP contribution in [0, 0.1) is 10.1 Å². The highest BCUT2D eigenvalue weighted by Crippen LogP contribution is 2.28. The maximum atomic E-state index is 10.6. The van der Waals surface area contributed by atoms with Crippen LogP contribution < -0.4 is 0 Å². The summed E-state index contributed by atoms with van der Waals surface area (Å²) in [5.74, 6) is 0.763. The lowest BCUT2D eigenvalue weighted by Gasteiger charge is -2.03. The average Bonchev–Trinajstić information content (AvgIpc) is 2.38. The monoisotopic (exact) mass is 339 g/mol. The molecule has 0 aliphatic rings. The van der Waals surface area contributed by atoms with E-state index in [1.165, 1.54) is 23.9 Å². The second-order valence-corrected chi connectivity index (χ2v) is 5.56. The van der Waals surface area contributed by atoms with Crippen molar-refractivity contribution in [1.29, 1.82) is 0 Å². The highest BCUT2D eigenvalue weighted by molar-refractivity contribution is 9.10. The molecule has 0 radical (unpaired) electrons. The molecule has 0 unspecified atom stereocenters. The van der Waals surface area contributed by atoms with Crippen LogP contribution in [0.5, 0.6) is 0 Å². The van der Waals surface area contributed by atoms with Crippen LogP contribution in [0.15, 0.2) is 44.9 Å². The first kappa shape index (κ1) is 14.0. The average molecular weight is 340 g/mol. The van der Waals surface area contributed by atoms with Crippen molar-refractivity contribution in [2.45, 2.75) is 23.3 Å². The number of nitro groups is 1. The van der Waals surface area contributed by atoms with Crippen LogP contribution >= 0.6 is 27.7 Å². The first-order valence-electron chi connectivity index (χ1n) is 5.54. The standard InChI is InChI=1S/C12H10BrN3O2S/c1-2-11-14-10(13)7-12(15-11)19-9-5-3-8(4-6-9)16(17)18/h3-7H,2H2,1H3. The van der Waals surface area contributed by atoms with E-state index in [1.807, 2.05) is 13.0 Å². The molecule has 19 heavy (non-hydrogen) atoms. The lowest BCUT2D eigenvalue weighted by Crippen LogP contribution is -1.94. The van der Waals surface area contributed by atoms with Gasteiger partial charge < -0.3 is 0 Å². The van der Waals surface area contributed by atoms with Gasteiger partial charge in [-0.3, -0.25) is 10.1 Å². The highest BCUT2D eigenvalue weighted by Gasteiger charge is 2.07. The Kier molecular flexibility index (Phi) is 4.49. The van der Waals surface area contributed by atoms with E-state index >= 15 is 0 Å². The Morgan fingerprint density at radius 1 is 1.32 bits per heavy atom. The zero-order chi connectivity index (χ0) is 13.8. The summed E-state index contributed by atoms with van der Waals surface area (Å²) >= 11 is 4.79. The van der Waals surface area contributed by atoms with E-state index in [0.29, 0.717) is 0 Å². The van der Waals surface area contributed by atoms with Crippen molar-refractivity contribution >= 4 is 33.4 Å². The van der Waals surface area contributed by atoms with E-state index in [-0.39, 0.29) is 5.69 Å². The number of benzene rings is 1. The maximum absolute atomic E-state index is 10.6. The van der Waals surface area contributed by atoms with Crippen molar-refractivity contribution in [2.24, 2.45) is 0 Å². The smallest absolute Gasteiger partial charge is 0.258 e. The van der Waals surface area contributed by atoms with Crippen molar-refractivity contribution in [3.8, 4) is 0 Å². The van der Waals surface area contributed by atoms with Gasteiger partial charge in [0.15, 0.2) is 0 Å². The maximum Gasteiger partial charge on any atom is 0.269 e. The first-order valence-corrected chi connectivity index (χ1v) is 7.15. The Hall–Kier alpha value is -1.47. The summed E-state index contributed by atoms with van der Waals surface area (Å²) in [6.45, 7) is 1.99. The third kappa shape index (κ3) is 3.74. The molecule has 1 aromatic heterocycles. The van der Waals surface area contributed by atoms with Crippen LogP contribution in [0.2, 0.25) is 0 Å². The van der Waals surface area contributed by atoms with Crippen LogP contribution in [-0.4, -0.2) is 14.9 Å². The molecule has 0 bridgehead atoms. The van der Waals surface area contributed by atoms with Crippen molar-refractivity contribution in [3.05, 3.63) is 50.9 Å². The molecule has 0 N–H and O–H groups in total. The summed E-state index contributed by atoms with van der Waals surface area (Å²) < 4.78 is 0.740. The number of aromatic nitrogens is 2. The molecule has 0 aliphatic carbocycles. The third-order valence-electron chi connectivity index (χ3n) is 2.30. The van der Waals surface area contributed by atoms with Gasteiger partial charge in [-0.1, -0.05) is 18.7 Å². The molecule has 0 atom stereocenters.